The highest BCUT2D eigenvalue weighted by Crippen LogP contribution is 2.15. The molecule has 2 rings (SSSR count). The van der Waals surface area contributed by atoms with Gasteiger partial charge in [0.05, 0.1) is 18.2 Å². The highest BCUT2D eigenvalue weighted by Gasteiger charge is 2.40. The van der Waals surface area contributed by atoms with Crippen LogP contribution < -0.4 is 10.6 Å². The molecule has 5 nitrogen and oxygen atoms in total. The Labute approximate surface area is 80.9 Å². The molecule has 2 saturated heterocycles. The maximum atomic E-state index is 12.2. The number of hydrogen-bond donors (Lipinski definition) is 2. The van der Waals surface area contributed by atoms with Gasteiger partial charge >= 0.3 is 6.09 Å². The quantitative estimate of drug-likeness (QED) is 0.600. The monoisotopic (exact) mass is 204 g/mol. The Balaban J connectivity index is 1.89. The van der Waals surface area contributed by atoms with Gasteiger partial charge in [-0.3, -0.25) is 0 Å². The smallest absolute Gasteiger partial charge is 0.407 e. The molecule has 0 bridgehead atoms. The number of hydrogen-bond acceptors (Lipinski definition) is 4. The third-order valence-corrected chi connectivity index (χ3v) is 2.52. The summed E-state index contributed by atoms with van der Waals surface area (Å²) in [5, 5.41) is 5.73. The zero-order valence-electron chi connectivity index (χ0n) is 7.72. The van der Waals surface area contributed by atoms with Gasteiger partial charge in [0.15, 0.2) is 0 Å². The van der Waals surface area contributed by atoms with Crippen molar-refractivity contribution < 1.29 is 18.7 Å². The van der Waals surface area contributed by atoms with Crippen LogP contribution in [-0.4, -0.2) is 50.7 Å². The van der Waals surface area contributed by atoms with E-state index in [0.29, 0.717) is 19.7 Å². The molecule has 1 spiro atoms. The number of alkyl halides is 1. The van der Waals surface area contributed by atoms with E-state index in [2.05, 4.69) is 10.6 Å². The van der Waals surface area contributed by atoms with Crippen LogP contribution in [0.4, 0.5) is 9.18 Å². The number of ether oxygens (including phenoxy) is 2. The molecular formula is C8H13FN2O3. The van der Waals surface area contributed by atoms with E-state index in [1.54, 1.807) is 0 Å². The molecule has 2 heterocycles. The first-order valence-electron chi connectivity index (χ1n) is 4.57. The molecule has 2 aliphatic heterocycles. The molecule has 0 aromatic rings. The van der Waals surface area contributed by atoms with Gasteiger partial charge in [0.2, 0.25) is 0 Å². The molecule has 2 aliphatic rings. The fourth-order valence-electron chi connectivity index (χ4n) is 1.57. The molecule has 0 saturated carbocycles. The molecule has 14 heavy (non-hydrogen) atoms. The fraction of sp³-hybridized carbons (Fsp3) is 0.875. The summed E-state index contributed by atoms with van der Waals surface area (Å²) in [7, 11) is 0. The largest absolute Gasteiger partial charge is 0.447 e. The van der Waals surface area contributed by atoms with Crippen molar-refractivity contribution in [2.24, 2.45) is 0 Å². The molecule has 0 aliphatic carbocycles. The van der Waals surface area contributed by atoms with Crippen molar-refractivity contribution >= 4 is 6.09 Å². The standard InChI is InChI=1S/C8H13FN2O3/c9-1-6-2-11-8(4-13-6)3-10-7(12)14-5-8/h6,11H,1-5H2,(H,10,12). The maximum Gasteiger partial charge on any atom is 0.407 e. The van der Waals surface area contributed by atoms with Gasteiger partial charge in [0.25, 0.3) is 0 Å². The van der Waals surface area contributed by atoms with Crippen LogP contribution in [0.15, 0.2) is 0 Å². The Bertz CT molecular complexity index is 217. The van der Waals surface area contributed by atoms with Gasteiger partial charge < -0.3 is 20.1 Å². The van der Waals surface area contributed by atoms with Gasteiger partial charge in [0, 0.05) is 13.1 Å². The topological polar surface area (TPSA) is 59.6 Å². The lowest BCUT2D eigenvalue weighted by molar-refractivity contribution is -0.0672. The number of rotatable bonds is 1. The molecule has 2 unspecified atom stereocenters. The van der Waals surface area contributed by atoms with Crippen LogP contribution in [0, 0.1) is 0 Å². The Morgan fingerprint density at radius 1 is 1.57 bits per heavy atom. The first-order valence-corrected chi connectivity index (χ1v) is 4.57. The lowest BCUT2D eigenvalue weighted by Crippen LogP contribution is -2.67. The van der Waals surface area contributed by atoms with Crippen molar-refractivity contribution in [3.63, 3.8) is 0 Å². The molecule has 2 fully saturated rings. The van der Waals surface area contributed by atoms with E-state index in [-0.39, 0.29) is 18.2 Å². The first kappa shape index (κ1) is 9.67. The van der Waals surface area contributed by atoms with E-state index in [1.165, 1.54) is 0 Å². The van der Waals surface area contributed by atoms with Crippen molar-refractivity contribution in [2.75, 3.05) is 33.0 Å². The van der Waals surface area contributed by atoms with Crippen molar-refractivity contribution in [2.45, 2.75) is 11.6 Å². The summed E-state index contributed by atoms with van der Waals surface area (Å²) in [5.41, 5.74) is -0.375. The van der Waals surface area contributed by atoms with Crippen LogP contribution >= 0.6 is 0 Å². The fourth-order valence-corrected chi connectivity index (χ4v) is 1.57. The summed E-state index contributed by atoms with van der Waals surface area (Å²) in [6, 6.07) is 0. The zero-order valence-corrected chi connectivity index (χ0v) is 7.72. The summed E-state index contributed by atoms with van der Waals surface area (Å²) in [4.78, 5) is 10.7. The van der Waals surface area contributed by atoms with E-state index in [4.69, 9.17) is 9.47 Å². The van der Waals surface area contributed by atoms with Crippen LogP contribution in [0.2, 0.25) is 0 Å². The van der Waals surface area contributed by atoms with Gasteiger partial charge in [-0.15, -0.1) is 0 Å². The minimum absolute atomic E-state index is 0.276. The van der Waals surface area contributed by atoms with Gasteiger partial charge in [-0.2, -0.15) is 0 Å². The number of halogens is 1. The summed E-state index contributed by atoms with van der Waals surface area (Å²) in [6.45, 7) is 1.07. The molecule has 0 radical (unpaired) electrons. The minimum atomic E-state index is -0.490. The molecule has 6 heteroatoms. The molecule has 0 aromatic heterocycles. The summed E-state index contributed by atoms with van der Waals surface area (Å²) in [5.74, 6) is 0. The van der Waals surface area contributed by atoms with Crippen molar-refractivity contribution in [1.82, 2.24) is 10.6 Å². The number of alkyl carbamates (subject to hydrolysis) is 1. The Morgan fingerprint density at radius 2 is 2.43 bits per heavy atom. The third-order valence-electron chi connectivity index (χ3n) is 2.52. The Kier molecular flexibility index (Phi) is 2.56. The first-order chi connectivity index (χ1) is 6.74. The second-order valence-corrected chi connectivity index (χ2v) is 3.68. The second-order valence-electron chi connectivity index (χ2n) is 3.68. The molecule has 2 N–H and O–H groups in total. The van der Waals surface area contributed by atoms with Crippen molar-refractivity contribution in [3.05, 3.63) is 0 Å². The highest BCUT2D eigenvalue weighted by atomic mass is 19.1. The lowest BCUT2D eigenvalue weighted by Gasteiger charge is -2.42. The molecule has 0 aromatic carbocycles. The van der Waals surface area contributed by atoms with Crippen LogP contribution in [-0.2, 0) is 9.47 Å². The molecule has 80 valence electrons. The summed E-state index contributed by atoms with van der Waals surface area (Å²) < 4.78 is 22.4. The van der Waals surface area contributed by atoms with Crippen LogP contribution in [0.3, 0.4) is 0 Å². The van der Waals surface area contributed by atoms with E-state index in [1.807, 2.05) is 0 Å². The maximum absolute atomic E-state index is 12.2. The predicted octanol–water partition coefficient (Wildman–Crippen LogP) is -0.577. The number of morpholine rings is 1. The van der Waals surface area contributed by atoms with Gasteiger partial charge in [-0.25, -0.2) is 9.18 Å². The van der Waals surface area contributed by atoms with E-state index in [0.717, 1.165) is 0 Å². The van der Waals surface area contributed by atoms with Crippen molar-refractivity contribution in [1.29, 1.82) is 0 Å². The third kappa shape index (κ3) is 1.80. The highest BCUT2D eigenvalue weighted by molar-refractivity contribution is 5.68. The number of cyclic esters (lactones) is 1. The van der Waals surface area contributed by atoms with Gasteiger partial charge in [-0.05, 0) is 0 Å². The molecule has 2 atom stereocenters. The van der Waals surface area contributed by atoms with Gasteiger partial charge in [0.1, 0.15) is 13.3 Å². The van der Waals surface area contributed by atoms with Crippen molar-refractivity contribution in [3.8, 4) is 0 Å². The number of nitrogens with one attached hydrogen (secondary N) is 2. The molecule has 1 amide bonds. The van der Waals surface area contributed by atoms with E-state index >= 15 is 0 Å². The zero-order chi connectivity index (χ0) is 10.0. The average molecular weight is 204 g/mol. The molecular weight excluding hydrogens is 191 g/mol. The van der Waals surface area contributed by atoms with Crippen LogP contribution in [0.1, 0.15) is 0 Å². The van der Waals surface area contributed by atoms with E-state index in [9.17, 15) is 9.18 Å². The second kappa shape index (κ2) is 3.70. The Hall–Kier alpha value is -0.880. The average Bonchev–Trinajstić information content (AvgIpc) is 2.24. The van der Waals surface area contributed by atoms with Gasteiger partial charge in [-0.1, -0.05) is 0 Å². The van der Waals surface area contributed by atoms with Crippen LogP contribution in [0.25, 0.3) is 0 Å². The number of carbonyl (C=O) groups excluding carboxylic acids is 1. The van der Waals surface area contributed by atoms with E-state index < -0.39 is 12.8 Å². The normalized spacial score (nSPS) is 37.8. The number of amides is 1. The minimum Gasteiger partial charge on any atom is -0.447 e. The summed E-state index contributed by atoms with van der Waals surface area (Å²) >= 11 is 0. The number of carbonyl (C=O) groups is 1. The lowest BCUT2D eigenvalue weighted by atomic mass is 9.99. The summed E-state index contributed by atoms with van der Waals surface area (Å²) in [6.07, 6.45) is -0.789. The predicted molar refractivity (Wildman–Crippen MR) is 45.8 cm³/mol. The van der Waals surface area contributed by atoms with Crippen LogP contribution in [0.5, 0.6) is 0 Å². The Morgan fingerprint density at radius 3 is 2.93 bits per heavy atom. The SMILES string of the molecule is O=C1NCC2(CO1)COC(CF)CN2.